The number of carboxylic acid groups (broad SMARTS) is 1. The second-order valence-corrected chi connectivity index (χ2v) is 10.7. The van der Waals surface area contributed by atoms with Crippen LogP contribution in [0.25, 0.3) is 31.8 Å². The molecule has 1 atom stereocenters. The van der Waals surface area contributed by atoms with Gasteiger partial charge < -0.3 is 14.6 Å². The molecular weight excluding hydrogens is 523 g/mol. The van der Waals surface area contributed by atoms with Gasteiger partial charge in [-0.05, 0) is 38.5 Å². The smallest absolute Gasteiger partial charge is 0.412 e. The summed E-state index contributed by atoms with van der Waals surface area (Å²) in [7, 11) is 1.54. The average Bonchev–Trinajstić information content (AvgIpc) is 3.48. The van der Waals surface area contributed by atoms with E-state index in [9.17, 15) is 9.90 Å². The zero-order chi connectivity index (χ0) is 27.5. The molecule has 10 nitrogen and oxygen atoms in total. The molecule has 1 N–H and O–H groups in total. The number of anilines is 1. The van der Waals surface area contributed by atoms with Crippen molar-refractivity contribution in [2.24, 2.45) is 0 Å². The number of amides is 1. The monoisotopic (exact) mass is 546 g/mol. The number of carbonyl (C=O) groups is 1. The SMILES string of the molecule is COc1cnc2c(-c3nc4cc(F)c5c(c4s3)C[C@@](C)(CN(C(=O)O)c3cnc(C)nc3)O5)cc(C)cc2n1. The molecule has 0 aliphatic carbocycles. The van der Waals surface area contributed by atoms with Crippen LogP contribution in [0, 0.1) is 19.7 Å². The summed E-state index contributed by atoms with van der Waals surface area (Å²) in [6.45, 7) is 5.40. The summed E-state index contributed by atoms with van der Waals surface area (Å²) in [6.07, 6.45) is 3.55. The van der Waals surface area contributed by atoms with Crippen molar-refractivity contribution in [3.63, 3.8) is 0 Å². The van der Waals surface area contributed by atoms with Gasteiger partial charge in [0.25, 0.3) is 0 Å². The highest BCUT2D eigenvalue weighted by Gasteiger charge is 2.41. The molecule has 0 fully saturated rings. The van der Waals surface area contributed by atoms with Crippen LogP contribution >= 0.6 is 11.3 Å². The van der Waals surface area contributed by atoms with Crippen molar-refractivity contribution in [2.45, 2.75) is 32.8 Å². The zero-order valence-corrected chi connectivity index (χ0v) is 22.3. The molecule has 5 aromatic rings. The molecule has 0 spiro atoms. The summed E-state index contributed by atoms with van der Waals surface area (Å²) in [5.74, 6) is 0.505. The summed E-state index contributed by atoms with van der Waals surface area (Å²) in [4.78, 5) is 35.2. The molecule has 39 heavy (non-hydrogen) atoms. The van der Waals surface area contributed by atoms with Gasteiger partial charge in [-0.15, -0.1) is 11.3 Å². The molecule has 6 rings (SSSR count). The number of thiazole rings is 1. The van der Waals surface area contributed by atoms with E-state index in [4.69, 9.17) is 14.5 Å². The average molecular weight is 547 g/mol. The standard InChI is InChI=1S/C27H23FN6O4S/c1-13-5-16(22-19(6-13)32-21(37-4)11-31-22)25-33-20-7-18(28)23-17(24(20)39-25)8-27(3,38-23)12-34(26(35)36)15-9-29-14(2)30-10-15/h5-7,9-11H,8,12H2,1-4H3,(H,35,36)/t27-/m0/s1. The fourth-order valence-corrected chi connectivity index (χ4v) is 5.95. The Labute approximate surface area is 226 Å². The molecule has 0 saturated heterocycles. The predicted octanol–water partition coefficient (Wildman–Crippen LogP) is 5.34. The van der Waals surface area contributed by atoms with Crippen molar-refractivity contribution < 1.29 is 23.8 Å². The van der Waals surface area contributed by atoms with Crippen LogP contribution in [0.2, 0.25) is 0 Å². The van der Waals surface area contributed by atoms with E-state index in [1.807, 2.05) is 19.1 Å². The number of fused-ring (bicyclic) bond motifs is 4. The lowest BCUT2D eigenvalue weighted by Crippen LogP contribution is -2.46. The third kappa shape index (κ3) is 4.36. The van der Waals surface area contributed by atoms with Crippen LogP contribution in [0.1, 0.15) is 23.9 Å². The second kappa shape index (κ2) is 9.09. The minimum atomic E-state index is -1.18. The summed E-state index contributed by atoms with van der Waals surface area (Å²) >= 11 is 1.42. The van der Waals surface area contributed by atoms with Gasteiger partial charge in [0.15, 0.2) is 11.6 Å². The first-order valence-electron chi connectivity index (χ1n) is 12.1. The van der Waals surface area contributed by atoms with Crippen LogP contribution in [0.3, 0.4) is 0 Å². The van der Waals surface area contributed by atoms with Crippen molar-refractivity contribution in [1.82, 2.24) is 24.9 Å². The first-order valence-corrected chi connectivity index (χ1v) is 12.9. The maximum atomic E-state index is 15.3. The zero-order valence-electron chi connectivity index (χ0n) is 21.5. The highest BCUT2D eigenvalue weighted by molar-refractivity contribution is 7.22. The number of nitrogens with zero attached hydrogens (tertiary/aromatic N) is 6. The number of rotatable bonds is 5. The van der Waals surface area contributed by atoms with Crippen LogP contribution in [-0.2, 0) is 6.42 Å². The molecule has 0 saturated carbocycles. The number of aryl methyl sites for hydroxylation is 2. The van der Waals surface area contributed by atoms with E-state index in [-0.39, 0.29) is 12.3 Å². The number of hydrogen-bond acceptors (Lipinski definition) is 9. The maximum absolute atomic E-state index is 15.3. The van der Waals surface area contributed by atoms with E-state index in [1.54, 1.807) is 20.0 Å². The molecule has 2 aromatic carbocycles. The Hall–Kier alpha value is -4.45. The second-order valence-electron chi connectivity index (χ2n) is 9.71. The number of benzene rings is 2. The Bertz CT molecular complexity index is 1780. The van der Waals surface area contributed by atoms with Gasteiger partial charge in [-0.2, -0.15) is 0 Å². The van der Waals surface area contributed by atoms with E-state index >= 15 is 4.39 Å². The van der Waals surface area contributed by atoms with Gasteiger partial charge in [0.1, 0.15) is 16.4 Å². The topological polar surface area (TPSA) is 123 Å². The minimum Gasteiger partial charge on any atom is -0.482 e. The molecule has 1 aliphatic heterocycles. The van der Waals surface area contributed by atoms with Gasteiger partial charge in [-0.25, -0.2) is 34.1 Å². The molecular formula is C27H23FN6O4S. The van der Waals surface area contributed by atoms with Gasteiger partial charge in [-0.1, -0.05) is 0 Å². The first kappa shape index (κ1) is 24.9. The maximum Gasteiger partial charge on any atom is 0.412 e. The molecule has 12 heteroatoms. The van der Waals surface area contributed by atoms with E-state index < -0.39 is 17.5 Å². The predicted molar refractivity (Wildman–Crippen MR) is 144 cm³/mol. The van der Waals surface area contributed by atoms with Crippen LogP contribution in [0.5, 0.6) is 11.6 Å². The lowest BCUT2D eigenvalue weighted by Gasteiger charge is -2.30. The van der Waals surface area contributed by atoms with E-state index in [0.717, 1.165) is 20.7 Å². The first-order chi connectivity index (χ1) is 18.6. The molecule has 0 unspecified atom stereocenters. The molecule has 3 aromatic heterocycles. The molecule has 1 aliphatic rings. The molecule has 1 amide bonds. The minimum absolute atomic E-state index is 0.0457. The summed E-state index contributed by atoms with van der Waals surface area (Å²) in [5.41, 5.74) is 3.53. The molecule has 0 radical (unpaired) electrons. The quantitative estimate of drug-likeness (QED) is 0.311. The largest absolute Gasteiger partial charge is 0.482 e. The van der Waals surface area contributed by atoms with E-state index in [2.05, 4.69) is 19.9 Å². The fraction of sp³-hybridized carbons (Fsp3) is 0.259. The third-order valence-electron chi connectivity index (χ3n) is 6.59. The van der Waals surface area contributed by atoms with Gasteiger partial charge in [0.05, 0.1) is 59.2 Å². The Kier molecular flexibility index (Phi) is 5.79. The molecule has 198 valence electrons. The number of aromatic nitrogens is 5. The summed E-state index contributed by atoms with van der Waals surface area (Å²) in [5, 5.41) is 10.6. The Morgan fingerprint density at radius 3 is 2.64 bits per heavy atom. The highest BCUT2D eigenvalue weighted by atomic mass is 32.1. The molecule has 4 heterocycles. The Morgan fingerprint density at radius 2 is 1.92 bits per heavy atom. The Morgan fingerprint density at radius 1 is 1.15 bits per heavy atom. The van der Waals surface area contributed by atoms with Crippen LogP contribution in [-0.4, -0.2) is 55.4 Å². The highest BCUT2D eigenvalue weighted by Crippen LogP contribution is 2.46. The third-order valence-corrected chi connectivity index (χ3v) is 7.76. The fourth-order valence-electron chi connectivity index (χ4n) is 4.85. The number of ether oxygens (including phenoxy) is 2. The number of hydrogen-bond donors (Lipinski definition) is 1. The van der Waals surface area contributed by atoms with E-state index in [1.165, 1.54) is 36.9 Å². The summed E-state index contributed by atoms with van der Waals surface area (Å²) in [6, 6.07) is 5.26. The lowest BCUT2D eigenvalue weighted by atomic mass is 9.98. The van der Waals surface area contributed by atoms with Gasteiger partial charge >= 0.3 is 6.09 Å². The van der Waals surface area contributed by atoms with Gasteiger partial charge in [0.2, 0.25) is 5.88 Å². The normalized spacial score (nSPS) is 16.3. The lowest BCUT2D eigenvalue weighted by molar-refractivity contribution is 0.115. The van der Waals surface area contributed by atoms with Crippen molar-refractivity contribution in [2.75, 3.05) is 18.6 Å². The Balaban J connectivity index is 1.40. The van der Waals surface area contributed by atoms with Gasteiger partial charge in [0, 0.05) is 23.6 Å². The van der Waals surface area contributed by atoms with Crippen molar-refractivity contribution in [1.29, 1.82) is 0 Å². The number of halogens is 1. The van der Waals surface area contributed by atoms with Crippen LogP contribution in [0.4, 0.5) is 14.9 Å². The van der Waals surface area contributed by atoms with Crippen molar-refractivity contribution in [3.05, 3.63) is 59.6 Å². The van der Waals surface area contributed by atoms with Gasteiger partial charge in [-0.3, -0.25) is 4.90 Å². The van der Waals surface area contributed by atoms with Crippen molar-refractivity contribution in [3.8, 4) is 22.2 Å². The number of methoxy groups -OCH3 is 1. The van der Waals surface area contributed by atoms with Crippen molar-refractivity contribution >= 4 is 44.4 Å². The molecule has 0 bridgehead atoms. The van der Waals surface area contributed by atoms with Crippen LogP contribution < -0.4 is 14.4 Å². The summed E-state index contributed by atoms with van der Waals surface area (Å²) < 4.78 is 27.4. The van der Waals surface area contributed by atoms with Crippen LogP contribution in [0.15, 0.2) is 36.8 Å². The van der Waals surface area contributed by atoms with E-state index in [0.29, 0.717) is 50.9 Å².